The Labute approximate surface area is 186 Å². The third-order valence-electron chi connectivity index (χ3n) is 6.69. The van der Waals surface area contributed by atoms with E-state index in [1.165, 1.54) is 0 Å². The second kappa shape index (κ2) is 7.78. The number of carbonyl (C=O) groups excluding carboxylic acids is 2. The summed E-state index contributed by atoms with van der Waals surface area (Å²) in [5.41, 5.74) is 9.21. The van der Waals surface area contributed by atoms with E-state index >= 15 is 0 Å². The van der Waals surface area contributed by atoms with Gasteiger partial charge in [0, 0.05) is 30.5 Å². The lowest BCUT2D eigenvalue weighted by Gasteiger charge is -2.42. The first kappa shape index (κ1) is 20.2. The summed E-state index contributed by atoms with van der Waals surface area (Å²) in [7, 11) is 1.61. The number of amides is 2. The first-order chi connectivity index (χ1) is 15.5. The van der Waals surface area contributed by atoms with Gasteiger partial charge in [-0.25, -0.2) is 4.68 Å². The largest absolute Gasteiger partial charge is 0.497 e. The molecule has 2 aliphatic rings. The molecule has 1 aliphatic carbocycles. The smallest absolute Gasteiger partial charge is 0.278 e. The van der Waals surface area contributed by atoms with E-state index in [0.717, 1.165) is 42.0 Å². The van der Waals surface area contributed by atoms with Crippen molar-refractivity contribution in [1.82, 2.24) is 15.0 Å². The Hall–Kier alpha value is -3.68. The zero-order valence-corrected chi connectivity index (χ0v) is 18.0. The number of rotatable bonds is 6. The number of hydrogen-bond acceptors (Lipinski definition) is 5. The maximum Gasteiger partial charge on any atom is 0.278 e. The molecule has 0 bridgehead atoms. The lowest BCUT2D eigenvalue weighted by molar-refractivity contribution is -0.120. The third kappa shape index (κ3) is 3.32. The van der Waals surface area contributed by atoms with Gasteiger partial charge < -0.3 is 15.4 Å². The van der Waals surface area contributed by atoms with Crippen LogP contribution in [-0.2, 0) is 16.6 Å². The molecule has 0 spiro atoms. The molecule has 8 heteroatoms. The monoisotopic (exact) mass is 431 g/mol. The van der Waals surface area contributed by atoms with Crippen molar-refractivity contribution in [2.45, 2.75) is 37.5 Å². The number of carbonyl (C=O) groups is 2. The highest BCUT2D eigenvalue weighted by Crippen LogP contribution is 2.46. The zero-order valence-electron chi connectivity index (χ0n) is 18.0. The summed E-state index contributed by atoms with van der Waals surface area (Å²) in [4.78, 5) is 26.8. The van der Waals surface area contributed by atoms with Crippen LogP contribution in [-0.4, -0.2) is 40.5 Å². The van der Waals surface area contributed by atoms with Crippen LogP contribution < -0.4 is 15.4 Å². The Morgan fingerprint density at radius 2 is 1.78 bits per heavy atom. The van der Waals surface area contributed by atoms with Crippen molar-refractivity contribution >= 4 is 17.5 Å². The van der Waals surface area contributed by atoms with Gasteiger partial charge in [-0.05, 0) is 54.8 Å². The number of anilines is 1. The molecule has 1 saturated carbocycles. The molecule has 2 heterocycles. The van der Waals surface area contributed by atoms with Gasteiger partial charge in [0.25, 0.3) is 5.91 Å². The molecule has 8 nitrogen and oxygen atoms in total. The number of nitrogens with two attached hydrogens (primary N) is 1. The third-order valence-corrected chi connectivity index (χ3v) is 6.69. The van der Waals surface area contributed by atoms with Gasteiger partial charge in [0.15, 0.2) is 5.69 Å². The first-order valence-electron chi connectivity index (χ1n) is 10.8. The summed E-state index contributed by atoms with van der Waals surface area (Å²) >= 11 is 0. The Morgan fingerprint density at radius 3 is 2.38 bits per heavy atom. The summed E-state index contributed by atoms with van der Waals surface area (Å²) in [5, 5.41) is 8.47. The fraction of sp³-hybridized carbons (Fsp3) is 0.333. The van der Waals surface area contributed by atoms with Crippen molar-refractivity contribution in [1.29, 1.82) is 0 Å². The highest BCUT2D eigenvalue weighted by Gasteiger charge is 2.40. The van der Waals surface area contributed by atoms with Crippen LogP contribution >= 0.6 is 0 Å². The fourth-order valence-corrected chi connectivity index (χ4v) is 4.79. The molecule has 1 fully saturated rings. The molecular weight excluding hydrogens is 406 g/mol. The van der Waals surface area contributed by atoms with E-state index in [1.54, 1.807) is 16.7 Å². The number of aromatic nitrogens is 3. The van der Waals surface area contributed by atoms with Crippen LogP contribution in [0.5, 0.6) is 5.75 Å². The maximum absolute atomic E-state index is 13.4. The minimum Gasteiger partial charge on any atom is -0.497 e. The Morgan fingerprint density at radius 1 is 1.09 bits per heavy atom. The molecule has 0 atom stereocenters. The van der Waals surface area contributed by atoms with Gasteiger partial charge >= 0.3 is 0 Å². The summed E-state index contributed by atoms with van der Waals surface area (Å²) in [6.45, 7) is 0.541. The first-order valence-corrected chi connectivity index (χ1v) is 10.8. The number of methoxy groups -OCH3 is 1. The SMILES string of the molecule is COc1ccc(-n2nnc3c2C(=O)N(c2ccc(C4(CC(N)=O)CCC4)cc2)CC3)cc1. The zero-order chi connectivity index (χ0) is 22.3. The van der Waals surface area contributed by atoms with Gasteiger partial charge in [-0.1, -0.05) is 23.8 Å². The molecule has 2 aromatic carbocycles. The van der Waals surface area contributed by atoms with Crippen molar-refractivity contribution < 1.29 is 14.3 Å². The standard InChI is InChI=1S/C24H25N5O3/c1-32-19-9-7-18(8-10-19)29-22-20(26-27-29)11-14-28(23(22)31)17-5-3-16(4-6-17)24(12-2-13-24)15-21(25)30/h3-10H,2,11-15H2,1H3,(H2,25,30). The van der Waals surface area contributed by atoms with Gasteiger partial charge in [0.1, 0.15) is 5.75 Å². The average Bonchev–Trinajstić information content (AvgIpc) is 3.22. The van der Waals surface area contributed by atoms with Crippen LogP contribution in [0.4, 0.5) is 5.69 Å². The quantitative estimate of drug-likeness (QED) is 0.646. The second-order valence-corrected chi connectivity index (χ2v) is 8.53. The Bertz CT molecular complexity index is 1160. The Kier molecular flexibility index (Phi) is 4.92. The van der Waals surface area contributed by atoms with Crippen LogP contribution in [0.2, 0.25) is 0 Å². The van der Waals surface area contributed by atoms with E-state index in [9.17, 15) is 9.59 Å². The maximum atomic E-state index is 13.4. The van der Waals surface area contributed by atoms with E-state index in [1.807, 2.05) is 48.5 Å². The van der Waals surface area contributed by atoms with Crippen molar-refractivity contribution in [3.05, 3.63) is 65.5 Å². The van der Waals surface area contributed by atoms with Crippen molar-refractivity contribution in [3.8, 4) is 11.4 Å². The summed E-state index contributed by atoms with van der Waals surface area (Å²) in [5.74, 6) is 0.332. The van der Waals surface area contributed by atoms with E-state index in [0.29, 0.717) is 30.8 Å². The predicted octanol–water partition coefficient (Wildman–Crippen LogP) is 2.78. The molecule has 32 heavy (non-hydrogen) atoms. The van der Waals surface area contributed by atoms with Crippen molar-refractivity contribution in [3.63, 3.8) is 0 Å². The van der Waals surface area contributed by atoms with Gasteiger partial charge in [0.05, 0.1) is 18.5 Å². The number of primary amides is 1. The van der Waals surface area contributed by atoms with Gasteiger partial charge in [0.2, 0.25) is 5.91 Å². The normalized spacial score (nSPS) is 16.9. The molecule has 164 valence electrons. The van der Waals surface area contributed by atoms with Crippen LogP contribution in [0.1, 0.15) is 47.4 Å². The fourth-order valence-electron chi connectivity index (χ4n) is 4.79. The van der Waals surface area contributed by atoms with E-state index in [2.05, 4.69) is 10.3 Å². The van der Waals surface area contributed by atoms with Crippen LogP contribution in [0.3, 0.4) is 0 Å². The summed E-state index contributed by atoms with van der Waals surface area (Å²) < 4.78 is 6.81. The second-order valence-electron chi connectivity index (χ2n) is 8.53. The predicted molar refractivity (Wildman–Crippen MR) is 119 cm³/mol. The van der Waals surface area contributed by atoms with E-state index < -0.39 is 0 Å². The lowest BCUT2D eigenvalue weighted by atomic mass is 9.62. The van der Waals surface area contributed by atoms with Gasteiger partial charge in [-0.15, -0.1) is 5.10 Å². The number of fused-ring (bicyclic) bond motifs is 1. The lowest BCUT2D eigenvalue weighted by Crippen LogP contribution is -2.39. The molecule has 0 radical (unpaired) electrons. The van der Waals surface area contributed by atoms with E-state index in [-0.39, 0.29) is 17.2 Å². The molecule has 2 N–H and O–H groups in total. The highest BCUT2D eigenvalue weighted by molar-refractivity contribution is 6.07. The van der Waals surface area contributed by atoms with Gasteiger partial charge in [-0.3, -0.25) is 9.59 Å². The average molecular weight is 431 g/mol. The molecule has 0 saturated heterocycles. The topological polar surface area (TPSA) is 103 Å². The molecule has 1 aromatic heterocycles. The molecule has 1 aliphatic heterocycles. The molecular formula is C24H25N5O3. The van der Waals surface area contributed by atoms with Crippen LogP contribution in [0, 0.1) is 0 Å². The number of nitrogens with zero attached hydrogens (tertiary/aromatic N) is 4. The minimum absolute atomic E-state index is 0.129. The van der Waals surface area contributed by atoms with Crippen LogP contribution in [0.25, 0.3) is 5.69 Å². The highest BCUT2D eigenvalue weighted by atomic mass is 16.5. The molecule has 3 aromatic rings. The van der Waals surface area contributed by atoms with Crippen molar-refractivity contribution in [2.75, 3.05) is 18.6 Å². The molecule has 0 unspecified atom stereocenters. The van der Waals surface area contributed by atoms with Crippen molar-refractivity contribution in [2.24, 2.45) is 5.73 Å². The summed E-state index contributed by atoms with van der Waals surface area (Å²) in [6.07, 6.45) is 4.03. The summed E-state index contributed by atoms with van der Waals surface area (Å²) in [6, 6.07) is 15.3. The number of hydrogen-bond donors (Lipinski definition) is 1. The van der Waals surface area contributed by atoms with Gasteiger partial charge in [-0.2, -0.15) is 0 Å². The Balaban J connectivity index is 1.42. The molecule has 2 amide bonds. The minimum atomic E-state index is -0.271. The number of benzene rings is 2. The van der Waals surface area contributed by atoms with E-state index in [4.69, 9.17) is 10.5 Å². The molecule has 5 rings (SSSR count). The number of ether oxygens (including phenoxy) is 1. The van der Waals surface area contributed by atoms with Crippen LogP contribution in [0.15, 0.2) is 48.5 Å².